The Kier molecular flexibility index (Phi) is 7.16. The average molecular weight is 442 g/mol. The maximum absolute atomic E-state index is 13.1. The monoisotopic (exact) mass is 442 g/mol. The van der Waals surface area contributed by atoms with Crippen LogP contribution in [0.4, 0.5) is 0 Å². The maximum Gasteiger partial charge on any atom is 0.318 e. The molecule has 0 spiro atoms. The van der Waals surface area contributed by atoms with E-state index >= 15 is 0 Å². The SMILES string of the molecule is C=CCCOc1ccc(S(=O)(=O)N(CC(=O)O)Cc2ccc(-n3cncn3)cc2)cc1. The van der Waals surface area contributed by atoms with Crippen LogP contribution >= 0.6 is 0 Å². The number of aromatic nitrogens is 3. The predicted octanol–water partition coefficient (Wildman–Crippen LogP) is 2.50. The van der Waals surface area contributed by atoms with Crippen LogP contribution in [0, 0.1) is 0 Å². The van der Waals surface area contributed by atoms with Crippen molar-refractivity contribution < 1.29 is 23.1 Å². The molecule has 2 aromatic carbocycles. The molecule has 162 valence electrons. The summed E-state index contributed by atoms with van der Waals surface area (Å²) in [5.41, 5.74) is 1.39. The molecule has 0 aliphatic carbocycles. The highest BCUT2D eigenvalue weighted by Gasteiger charge is 2.27. The van der Waals surface area contributed by atoms with Crippen molar-refractivity contribution in [3.8, 4) is 11.4 Å². The fourth-order valence-corrected chi connectivity index (χ4v) is 4.17. The Labute approximate surface area is 180 Å². The Morgan fingerprint density at radius 3 is 2.45 bits per heavy atom. The lowest BCUT2D eigenvalue weighted by molar-refractivity contribution is -0.137. The molecule has 31 heavy (non-hydrogen) atoms. The molecule has 0 unspecified atom stereocenters. The van der Waals surface area contributed by atoms with E-state index in [1.54, 1.807) is 53.5 Å². The number of carboxylic acids is 1. The van der Waals surface area contributed by atoms with E-state index < -0.39 is 22.5 Å². The summed E-state index contributed by atoms with van der Waals surface area (Å²) >= 11 is 0. The summed E-state index contributed by atoms with van der Waals surface area (Å²) < 4.78 is 34.1. The van der Waals surface area contributed by atoms with Gasteiger partial charge < -0.3 is 9.84 Å². The van der Waals surface area contributed by atoms with Crippen LogP contribution in [0.3, 0.4) is 0 Å². The van der Waals surface area contributed by atoms with Crippen LogP contribution in [0.15, 0.2) is 78.7 Å². The highest BCUT2D eigenvalue weighted by atomic mass is 32.2. The summed E-state index contributed by atoms with van der Waals surface area (Å²) in [5.74, 6) is -0.721. The number of carbonyl (C=O) groups is 1. The Morgan fingerprint density at radius 1 is 1.16 bits per heavy atom. The van der Waals surface area contributed by atoms with Gasteiger partial charge in [0.05, 0.1) is 17.2 Å². The molecule has 0 saturated heterocycles. The van der Waals surface area contributed by atoms with E-state index in [1.807, 2.05) is 0 Å². The first-order valence-corrected chi connectivity index (χ1v) is 10.8. The molecule has 0 amide bonds. The molecule has 1 aromatic heterocycles. The molecule has 0 aliphatic rings. The molecule has 0 fully saturated rings. The van der Waals surface area contributed by atoms with Crippen molar-refractivity contribution in [1.82, 2.24) is 19.1 Å². The van der Waals surface area contributed by atoms with E-state index in [-0.39, 0.29) is 11.4 Å². The molecule has 3 rings (SSSR count). The third kappa shape index (κ3) is 5.77. The zero-order chi connectivity index (χ0) is 22.3. The Hall–Kier alpha value is -3.50. The zero-order valence-corrected chi connectivity index (χ0v) is 17.5. The van der Waals surface area contributed by atoms with Crippen LogP contribution in [0.25, 0.3) is 5.69 Å². The van der Waals surface area contributed by atoms with Gasteiger partial charge in [0, 0.05) is 6.54 Å². The average Bonchev–Trinajstić information content (AvgIpc) is 3.29. The number of carboxylic acid groups (broad SMARTS) is 1. The number of benzene rings is 2. The van der Waals surface area contributed by atoms with Crippen molar-refractivity contribution >= 4 is 16.0 Å². The molecular formula is C21H22N4O5S. The minimum Gasteiger partial charge on any atom is -0.493 e. The maximum atomic E-state index is 13.1. The van der Waals surface area contributed by atoms with Gasteiger partial charge in [-0.3, -0.25) is 4.79 Å². The summed E-state index contributed by atoms with van der Waals surface area (Å²) in [4.78, 5) is 15.2. The topological polar surface area (TPSA) is 115 Å². The third-order valence-corrected chi connectivity index (χ3v) is 6.15. The van der Waals surface area contributed by atoms with E-state index in [4.69, 9.17) is 4.74 Å². The van der Waals surface area contributed by atoms with Gasteiger partial charge in [0.15, 0.2) is 0 Å². The molecular weight excluding hydrogens is 420 g/mol. The van der Waals surface area contributed by atoms with E-state index in [9.17, 15) is 18.3 Å². The van der Waals surface area contributed by atoms with Gasteiger partial charge in [-0.2, -0.15) is 9.40 Å². The van der Waals surface area contributed by atoms with E-state index in [2.05, 4.69) is 16.7 Å². The number of ether oxygens (including phenoxy) is 1. The summed E-state index contributed by atoms with van der Waals surface area (Å²) in [7, 11) is -4.04. The van der Waals surface area contributed by atoms with Crippen molar-refractivity contribution in [2.75, 3.05) is 13.2 Å². The lowest BCUT2D eigenvalue weighted by atomic mass is 10.2. The molecule has 0 aliphatic heterocycles. The van der Waals surface area contributed by atoms with Crippen molar-refractivity contribution in [3.63, 3.8) is 0 Å². The van der Waals surface area contributed by atoms with Gasteiger partial charge in [-0.1, -0.05) is 18.2 Å². The normalized spacial score (nSPS) is 11.4. The van der Waals surface area contributed by atoms with Crippen LogP contribution in [0.1, 0.15) is 12.0 Å². The van der Waals surface area contributed by atoms with E-state index in [0.717, 1.165) is 9.99 Å². The first-order valence-electron chi connectivity index (χ1n) is 9.40. The molecule has 0 saturated carbocycles. The molecule has 1 heterocycles. The number of rotatable bonds is 11. The zero-order valence-electron chi connectivity index (χ0n) is 16.7. The molecule has 0 atom stereocenters. The van der Waals surface area contributed by atoms with E-state index in [1.165, 1.54) is 18.5 Å². The lowest BCUT2D eigenvalue weighted by Gasteiger charge is -2.21. The summed E-state index contributed by atoms with van der Waals surface area (Å²) in [5, 5.41) is 13.3. The van der Waals surface area contributed by atoms with Gasteiger partial charge in [-0.15, -0.1) is 6.58 Å². The Balaban J connectivity index is 1.79. The van der Waals surface area contributed by atoms with Crippen LogP contribution in [0.2, 0.25) is 0 Å². The second kappa shape index (κ2) is 10.0. The molecule has 0 bridgehead atoms. The fraction of sp³-hybridized carbons (Fsp3) is 0.190. The molecule has 10 heteroatoms. The first kappa shape index (κ1) is 22.2. The van der Waals surface area contributed by atoms with Crippen molar-refractivity contribution in [1.29, 1.82) is 0 Å². The summed E-state index contributed by atoms with van der Waals surface area (Å²) in [6, 6.07) is 12.8. The third-order valence-electron chi connectivity index (χ3n) is 4.34. The lowest BCUT2D eigenvalue weighted by Crippen LogP contribution is -2.35. The quantitative estimate of drug-likeness (QED) is 0.358. The van der Waals surface area contributed by atoms with Gasteiger partial charge >= 0.3 is 5.97 Å². The van der Waals surface area contributed by atoms with Crippen LogP contribution in [0.5, 0.6) is 5.75 Å². The summed E-state index contributed by atoms with van der Waals surface area (Å²) in [6.07, 6.45) is 5.34. The first-order chi connectivity index (χ1) is 14.9. The minimum absolute atomic E-state index is 0.0101. The standard InChI is InChI=1S/C21H22N4O5S/c1-2-3-12-30-19-8-10-20(11-9-19)31(28,29)24(14-21(26)27)13-17-4-6-18(7-5-17)25-16-22-15-23-25/h2,4-11,15-16H,1,3,12-14H2,(H,26,27). The van der Waals surface area contributed by atoms with Crippen molar-refractivity contribution in [3.05, 3.63) is 79.4 Å². The fourth-order valence-electron chi connectivity index (χ4n) is 2.79. The second-order valence-electron chi connectivity index (χ2n) is 6.57. The van der Waals surface area contributed by atoms with Gasteiger partial charge in [-0.25, -0.2) is 18.1 Å². The largest absolute Gasteiger partial charge is 0.493 e. The number of aliphatic carboxylic acids is 1. The van der Waals surface area contributed by atoms with Gasteiger partial charge in [0.2, 0.25) is 10.0 Å². The van der Waals surface area contributed by atoms with Gasteiger partial charge in [0.25, 0.3) is 0 Å². The Morgan fingerprint density at radius 2 is 1.87 bits per heavy atom. The van der Waals surface area contributed by atoms with Crippen LogP contribution in [-0.4, -0.2) is 51.7 Å². The Bertz CT molecular complexity index is 1110. The van der Waals surface area contributed by atoms with Gasteiger partial charge in [-0.05, 0) is 48.4 Å². The van der Waals surface area contributed by atoms with Gasteiger partial charge in [0.1, 0.15) is 24.9 Å². The number of hydrogen-bond donors (Lipinski definition) is 1. The molecule has 9 nitrogen and oxygen atoms in total. The smallest absolute Gasteiger partial charge is 0.318 e. The number of sulfonamides is 1. The number of nitrogens with zero attached hydrogens (tertiary/aromatic N) is 4. The molecule has 0 radical (unpaired) electrons. The van der Waals surface area contributed by atoms with Crippen molar-refractivity contribution in [2.24, 2.45) is 0 Å². The summed E-state index contributed by atoms with van der Waals surface area (Å²) in [6.45, 7) is 3.29. The molecule has 1 N–H and O–H groups in total. The molecule has 3 aromatic rings. The van der Waals surface area contributed by atoms with Crippen LogP contribution < -0.4 is 4.74 Å². The number of hydrogen-bond acceptors (Lipinski definition) is 6. The predicted molar refractivity (Wildman–Crippen MR) is 113 cm³/mol. The van der Waals surface area contributed by atoms with E-state index in [0.29, 0.717) is 24.3 Å². The van der Waals surface area contributed by atoms with Crippen molar-refractivity contribution in [2.45, 2.75) is 17.9 Å². The van der Waals surface area contributed by atoms with Crippen LogP contribution in [-0.2, 0) is 21.4 Å². The minimum atomic E-state index is -4.04. The second-order valence-corrected chi connectivity index (χ2v) is 8.51. The highest BCUT2D eigenvalue weighted by molar-refractivity contribution is 7.89. The highest BCUT2D eigenvalue weighted by Crippen LogP contribution is 2.22.